The van der Waals surface area contributed by atoms with E-state index in [9.17, 15) is 0 Å². The first-order chi connectivity index (χ1) is 9.28. The van der Waals surface area contributed by atoms with Crippen LogP contribution >= 0.6 is 12.6 Å². The van der Waals surface area contributed by atoms with Crippen LogP contribution in [0.2, 0.25) is 0 Å². The summed E-state index contributed by atoms with van der Waals surface area (Å²) in [7, 11) is 0. The highest BCUT2D eigenvalue weighted by molar-refractivity contribution is 7.80. The quantitative estimate of drug-likeness (QED) is 0.690. The summed E-state index contributed by atoms with van der Waals surface area (Å²) in [5.74, 6) is 1.90. The van der Waals surface area contributed by atoms with Gasteiger partial charge in [-0.2, -0.15) is 12.6 Å². The average Bonchev–Trinajstić information content (AvgIpc) is 2.39. The van der Waals surface area contributed by atoms with Crippen LogP contribution in [0.15, 0.2) is 18.2 Å². The van der Waals surface area contributed by atoms with Gasteiger partial charge in [-0.1, -0.05) is 46.8 Å². The first-order valence-electron chi connectivity index (χ1n) is 7.63. The number of hydrogen-bond acceptors (Lipinski definition) is 2. The molecule has 0 aromatic heterocycles. The van der Waals surface area contributed by atoms with Gasteiger partial charge in [-0.3, -0.25) is 0 Å². The maximum atomic E-state index is 6.23. The van der Waals surface area contributed by atoms with Crippen LogP contribution in [0.4, 0.5) is 0 Å². The fourth-order valence-corrected chi connectivity index (χ4v) is 2.86. The van der Waals surface area contributed by atoms with Gasteiger partial charge in [0.2, 0.25) is 0 Å². The Morgan fingerprint density at radius 3 is 2.15 bits per heavy atom. The van der Waals surface area contributed by atoms with Crippen molar-refractivity contribution in [3.63, 3.8) is 0 Å². The molecule has 0 aliphatic rings. The second kappa shape index (κ2) is 6.89. The standard InChI is InChI=1S/C18H30OS/c1-7-18(8-2,13-20)12-19-16-11-14(3)9-10-15(16)17(4,5)6/h9-11,20H,7-8,12-13H2,1-6H3. The highest BCUT2D eigenvalue weighted by atomic mass is 32.1. The van der Waals surface area contributed by atoms with Crippen molar-refractivity contribution in [1.29, 1.82) is 0 Å². The Labute approximate surface area is 130 Å². The van der Waals surface area contributed by atoms with Crippen LogP contribution in [-0.2, 0) is 5.41 Å². The molecule has 0 unspecified atom stereocenters. The third-order valence-electron chi connectivity index (χ3n) is 4.31. The maximum Gasteiger partial charge on any atom is 0.123 e. The van der Waals surface area contributed by atoms with Crippen molar-refractivity contribution in [2.24, 2.45) is 5.41 Å². The maximum absolute atomic E-state index is 6.23. The smallest absolute Gasteiger partial charge is 0.123 e. The van der Waals surface area contributed by atoms with E-state index in [1.54, 1.807) is 0 Å². The first kappa shape index (κ1) is 17.4. The molecule has 0 heterocycles. The summed E-state index contributed by atoms with van der Waals surface area (Å²) in [6, 6.07) is 6.53. The van der Waals surface area contributed by atoms with Gasteiger partial charge >= 0.3 is 0 Å². The Balaban J connectivity index is 3.00. The lowest BCUT2D eigenvalue weighted by atomic mass is 9.84. The van der Waals surface area contributed by atoms with E-state index in [0.717, 1.165) is 31.0 Å². The monoisotopic (exact) mass is 294 g/mol. The Hall–Kier alpha value is -0.630. The van der Waals surface area contributed by atoms with Gasteiger partial charge in [0.25, 0.3) is 0 Å². The van der Waals surface area contributed by atoms with Crippen molar-refractivity contribution in [2.75, 3.05) is 12.4 Å². The normalized spacial score (nSPS) is 12.6. The molecule has 0 aliphatic heterocycles. The molecule has 0 fully saturated rings. The Morgan fingerprint density at radius 1 is 1.10 bits per heavy atom. The molecule has 20 heavy (non-hydrogen) atoms. The van der Waals surface area contributed by atoms with Crippen LogP contribution in [0, 0.1) is 12.3 Å². The Kier molecular flexibility index (Phi) is 6.00. The number of rotatable bonds is 6. The van der Waals surface area contributed by atoms with Gasteiger partial charge in [0.15, 0.2) is 0 Å². The van der Waals surface area contributed by atoms with Crippen molar-refractivity contribution < 1.29 is 4.74 Å². The molecule has 114 valence electrons. The molecule has 2 heteroatoms. The number of thiol groups is 1. The third kappa shape index (κ3) is 4.18. The van der Waals surface area contributed by atoms with Gasteiger partial charge in [0, 0.05) is 5.41 Å². The molecule has 1 aromatic rings. The second-order valence-corrected chi connectivity index (χ2v) is 7.22. The van der Waals surface area contributed by atoms with Crippen molar-refractivity contribution in [2.45, 2.75) is 59.8 Å². The predicted octanol–water partition coefficient (Wildman–Crippen LogP) is 5.41. The lowest BCUT2D eigenvalue weighted by Crippen LogP contribution is -2.30. The number of hydrogen-bond donors (Lipinski definition) is 1. The van der Waals surface area contributed by atoms with Crippen LogP contribution in [0.3, 0.4) is 0 Å². The zero-order valence-corrected chi connectivity index (χ0v) is 14.8. The molecular formula is C18H30OS. The number of aryl methyl sites for hydroxylation is 1. The summed E-state index contributed by atoms with van der Waals surface area (Å²) in [4.78, 5) is 0. The van der Waals surface area contributed by atoms with E-state index in [-0.39, 0.29) is 10.8 Å². The van der Waals surface area contributed by atoms with Crippen LogP contribution in [0.1, 0.15) is 58.6 Å². The lowest BCUT2D eigenvalue weighted by molar-refractivity contribution is 0.154. The molecule has 0 amide bonds. The van der Waals surface area contributed by atoms with Crippen LogP contribution in [0.25, 0.3) is 0 Å². The summed E-state index contributed by atoms with van der Waals surface area (Å²) >= 11 is 4.53. The van der Waals surface area contributed by atoms with Gasteiger partial charge < -0.3 is 4.74 Å². The molecule has 0 bridgehead atoms. The second-order valence-electron chi connectivity index (χ2n) is 6.90. The molecule has 0 saturated carbocycles. The van der Waals surface area contributed by atoms with E-state index < -0.39 is 0 Å². The van der Waals surface area contributed by atoms with Gasteiger partial charge in [0.1, 0.15) is 5.75 Å². The molecule has 0 N–H and O–H groups in total. The topological polar surface area (TPSA) is 9.23 Å². The van der Waals surface area contributed by atoms with E-state index in [1.165, 1.54) is 11.1 Å². The van der Waals surface area contributed by atoms with Crippen LogP contribution in [-0.4, -0.2) is 12.4 Å². The summed E-state index contributed by atoms with van der Waals surface area (Å²) in [6.07, 6.45) is 2.20. The zero-order chi connectivity index (χ0) is 15.4. The van der Waals surface area contributed by atoms with Gasteiger partial charge in [-0.25, -0.2) is 0 Å². The highest BCUT2D eigenvalue weighted by Crippen LogP contribution is 2.35. The largest absolute Gasteiger partial charge is 0.493 e. The highest BCUT2D eigenvalue weighted by Gasteiger charge is 2.27. The number of benzene rings is 1. The molecule has 0 atom stereocenters. The lowest BCUT2D eigenvalue weighted by Gasteiger charge is -2.31. The first-order valence-corrected chi connectivity index (χ1v) is 8.26. The fraction of sp³-hybridized carbons (Fsp3) is 0.667. The van der Waals surface area contributed by atoms with Crippen molar-refractivity contribution in [3.05, 3.63) is 29.3 Å². The molecule has 0 saturated heterocycles. The Bertz CT molecular complexity index is 419. The van der Waals surface area contributed by atoms with Gasteiger partial charge in [-0.05, 0) is 48.1 Å². The molecule has 0 aliphatic carbocycles. The van der Waals surface area contributed by atoms with E-state index in [2.05, 4.69) is 72.4 Å². The van der Waals surface area contributed by atoms with E-state index in [0.29, 0.717) is 0 Å². The molecule has 1 rings (SSSR count). The minimum absolute atomic E-state index is 0.102. The zero-order valence-electron chi connectivity index (χ0n) is 13.9. The van der Waals surface area contributed by atoms with Crippen molar-refractivity contribution in [3.8, 4) is 5.75 Å². The molecular weight excluding hydrogens is 264 g/mol. The van der Waals surface area contributed by atoms with Crippen LogP contribution < -0.4 is 4.74 Å². The summed E-state index contributed by atoms with van der Waals surface area (Å²) in [5.41, 5.74) is 2.81. The SMILES string of the molecule is CCC(CC)(CS)COc1cc(C)ccc1C(C)(C)C. The molecule has 1 aromatic carbocycles. The summed E-state index contributed by atoms with van der Waals surface area (Å²) in [5, 5.41) is 0. The van der Waals surface area contributed by atoms with Crippen molar-refractivity contribution >= 4 is 12.6 Å². The van der Waals surface area contributed by atoms with Gasteiger partial charge in [0.05, 0.1) is 6.61 Å². The van der Waals surface area contributed by atoms with E-state index >= 15 is 0 Å². The minimum Gasteiger partial charge on any atom is -0.493 e. The molecule has 0 spiro atoms. The summed E-state index contributed by atoms with van der Waals surface area (Å²) in [6.45, 7) is 14.0. The third-order valence-corrected chi connectivity index (χ3v) is 4.99. The average molecular weight is 295 g/mol. The van der Waals surface area contributed by atoms with E-state index in [4.69, 9.17) is 4.74 Å². The summed E-state index contributed by atoms with van der Waals surface area (Å²) < 4.78 is 6.23. The predicted molar refractivity (Wildman–Crippen MR) is 92.2 cm³/mol. The van der Waals surface area contributed by atoms with Gasteiger partial charge in [-0.15, -0.1) is 0 Å². The number of ether oxygens (including phenoxy) is 1. The fourth-order valence-electron chi connectivity index (χ4n) is 2.32. The van der Waals surface area contributed by atoms with Crippen molar-refractivity contribution in [1.82, 2.24) is 0 Å². The molecule has 1 nitrogen and oxygen atoms in total. The molecule has 0 radical (unpaired) electrons. The van der Waals surface area contributed by atoms with Crippen LogP contribution in [0.5, 0.6) is 5.75 Å². The minimum atomic E-state index is 0.102. The Morgan fingerprint density at radius 2 is 1.70 bits per heavy atom. The van der Waals surface area contributed by atoms with E-state index in [1.807, 2.05) is 0 Å².